The number of carbonyl (C=O) groups excluding carboxylic acids is 1. The number of rotatable bonds is 2. The summed E-state index contributed by atoms with van der Waals surface area (Å²) in [6.45, 7) is 0. The van der Waals surface area contributed by atoms with E-state index in [4.69, 9.17) is 0 Å². The molecule has 6 nitrogen and oxygen atoms in total. The van der Waals surface area contributed by atoms with Gasteiger partial charge in [0.2, 0.25) is 5.95 Å². The highest BCUT2D eigenvalue weighted by Gasteiger charge is 2.10. The predicted molar refractivity (Wildman–Crippen MR) is 61.7 cm³/mol. The smallest absolute Gasteiger partial charge is 0.274 e. The summed E-state index contributed by atoms with van der Waals surface area (Å²) in [6.07, 6.45) is 3.48. The quantitative estimate of drug-likeness (QED) is 0.693. The summed E-state index contributed by atoms with van der Waals surface area (Å²) >= 11 is 0. The van der Waals surface area contributed by atoms with Gasteiger partial charge in [-0.3, -0.25) is 14.5 Å². The third-order valence-electron chi connectivity index (χ3n) is 2.38. The number of hydrogen-bond donors (Lipinski definition) is 2. The van der Waals surface area contributed by atoms with Gasteiger partial charge in [0, 0.05) is 12.4 Å². The molecule has 0 fully saturated rings. The number of carbonyl (C=O) groups is 1. The first-order valence-corrected chi connectivity index (χ1v) is 5.09. The van der Waals surface area contributed by atoms with E-state index in [0.29, 0.717) is 17.3 Å². The van der Waals surface area contributed by atoms with Crippen molar-refractivity contribution in [3.63, 3.8) is 0 Å². The molecule has 3 aromatic heterocycles. The normalized spacial score (nSPS) is 10.6. The molecule has 3 aromatic rings. The van der Waals surface area contributed by atoms with Gasteiger partial charge in [-0.1, -0.05) is 6.07 Å². The van der Waals surface area contributed by atoms with E-state index in [-0.39, 0.29) is 5.91 Å². The first kappa shape index (κ1) is 9.59. The number of anilines is 1. The molecule has 3 heterocycles. The fourth-order valence-corrected chi connectivity index (χ4v) is 1.57. The van der Waals surface area contributed by atoms with Crippen molar-refractivity contribution >= 4 is 17.5 Å². The monoisotopic (exact) mass is 227 g/mol. The summed E-state index contributed by atoms with van der Waals surface area (Å²) in [4.78, 5) is 14.6. The molecular formula is C11H9N5O. The Hall–Kier alpha value is -2.63. The molecule has 0 atom stereocenters. The number of hydrogen-bond acceptors (Lipinski definition) is 3. The Kier molecular flexibility index (Phi) is 2.11. The van der Waals surface area contributed by atoms with E-state index in [9.17, 15) is 4.79 Å². The van der Waals surface area contributed by atoms with Gasteiger partial charge < -0.3 is 4.98 Å². The van der Waals surface area contributed by atoms with Crippen LogP contribution in [0.15, 0.2) is 42.7 Å². The number of nitrogens with one attached hydrogen (secondary N) is 2. The molecule has 0 aliphatic heterocycles. The van der Waals surface area contributed by atoms with E-state index in [1.54, 1.807) is 28.9 Å². The molecule has 6 heteroatoms. The minimum absolute atomic E-state index is 0.242. The zero-order chi connectivity index (χ0) is 11.7. The lowest BCUT2D eigenvalue weighted by Crippen LogP contribution is -2.14. The maximum absolute atomic E-state index is 11.8. The Morgan fingerprint density at radius 2 is 2.18 bits per heavy atom. The second kappa shape index (κ2) is 3.75. The Bertz CT molecular complexity index is 655. The highest BCUT2D eigenvalue weighted by Crippen LogP contribution is 2.08. The lowest BCUT2D eigenvalue weighted by atomic mass is 10.4. The van der Waals surface area contributed by atoms with E-state index in [0.717, 1.165) is 0 Å². The molecule has 0 aliphatic rings. The summed E-state index contributed by atoms with van der Waals surface area (Å²) in [5.41, 5.74) is 1.17. The van der Waals surface area contributed by atoms with Gasteiger partial charge in [0.1, 0.15) is 5.69 Å². The summed E-state index contributed by atoms with van der Waals surface area (Å²) in [6, 6.07) is 8.98. The number of nitrogens with zero attached hydrogens (tertiary/aromatic N) is 3. The molecule has 0 saturated carbocycles. The maximum Gasteiger partial charge on any atom is 0.274 e. The molecule has 0 aliphatic carbocycles. The Labute approximate surface area is 96.3 Å². The molecule has 0 radical (unpaired) electrons. The molecule has 0 unspecified atom stereocenters. The third-order valence-corrected chi connectivity index (χ3v) is 2.38. The van der Waals surface area contributed by atoms with Crippen molar-refractivity contribution in [1.82, 2.24) is 19.6 Å². The lowest BCUT2D eigenvalue weighted by Gasteiger charge is -2.00. The fourth-order valence-electron chi connectivity index (χ4n) is 1.57. The highest BCUT2D eigenvalue weighted by molar-refractivity contribution is 6.02. The zero-order valence-electron chi connectivity index (χ0n) is 8.79. The van der Waals surface area contributed by atoms with Gasteiger partial charge in [-0.25, -0.2) is 0 Å². The SMILES string of the molecule is O=C(Nc1nnc2ccccn12)c1ccc[nH]1. The van der Waals surface area contributed by atoms with Gasteiger partial charge >= 0.3 is 0 Å². The van der Waals surface area contributed by atoms with Crippen LogP contribution in [0.1, 0.15) is 10.5 Å². The molecule has 2 N–H and O–H groups in total. The van der Waals surface area contributed by atoms with Crippen LogP contribution in [-0.2, 0) is 0 Å². The summed E-state index contributed by atoms with van der Waals surface area (Å²) in [5, 5.41) is 10.5. The fraction of sp³-hybridized carbons (Fsp3) is 0. The maximum atomic E-state index is 11.8. The van der Waals surface area contributed by atoms with Crippen molar-refractivity contribution < 1.29 is 4.79 Å². The zero-order valence-corrected chi connectivity index (χ0v) is 8.79. The standard InChI is InChI=1S/C11H9N5O/c17-10(8-4-3-6-12-8)13-11-15-14-9-5-1-2-7-16(9)11/h1-7,12H,(H,13,15,17). The molecule has 0 saturated heterocycles. The van der Waals surface area contributed by atoms with Crippen molar-refractivity contribution in [3.05, 3.63) is 48.4 Å². The lowest BCUT2D eigenvalue weighted by molar-refractivity contribution is 0.102. The van der Waals surface area contributed by atoms with Crippen molar-refractivity contribution in [1.29, 1.82) is 0 Å². The molecule has 0 bridgehead atoms. The van der Waals surface area contributed by atoms with E-state index < -0.39 is 0 Å². The van der Waals surface area contributed by atoms with Gasteiger partial charge in [0.15, 0.2) is 5.65 Å². The van der Waals surface area contributed by atoms with Crippen LogP contribution in [0.5, 0.6) is 0 Å². The minimum Gasteiger partial charge on any atom is -0.357 e. The van der Waals surface area contributed by atoms with Crippen LogP contribution < -0.4 is 5.32 Å². The largest absolute Gasteiger partial charge is 0.357 e. The van der Waals surface area contributed by atoms with E-state index in [1.165, 1.54) is 0 Å². The van der Waals surface area contributed by atoms with Crippen LogP contribution >= 0.6 is 0 Å². The average Bonchev–Trinajstić information content (AvgIpc) is 2.98. The number of aromatic nitrogens is 4. The van der Waals surface area contributed by atoms with Gasteiger partial charge in [-0.05, 0) is 24.3 Å². The first-order valence-electron chi connectivity index (χ1n) is 5.09. The number of amides is 1. The van der Waals surface area contributed by atoms with Crippen LogP contribution in [0.3, 0.4) is 0 Å². The number of aromatic amines is 1. The van der Waals surface area contributed by atoms with Gasteiger partial charge in [0.05, 0.1) is 0 Å². The summed E-state index contributed by atoms with van der Waals surface area (Å²) in [5.74, 6) is 0.161. The van der Waals surface area contributed by atoms with Gasteiger partial charge in [0.25, 0.3) is 5.91 Å². The summed E-state index contributed by atoms with van der Waals surface area (Å²) < 4.78 is 1.71. The number of H-pyrrole nitrogens is 1. The molecule has 1 amide bonds. The molecule has 0 aromatic carbocycles. The highest BCUT2D eigenvalue weighted by atomic mass is 16.2. The Morgan fingerprint density at radius 3 is 3.00 bits per heavy atom. The second-order valence-corrected chi connectivity index (χ2v) is 3.49. The number of fused-ring (bicyclic) bond motifs is 1. The Balaban J connectivity index is 1.93. The topological polar surface area (TPSA) is 75.1 Å². The molecule has 3 rings (SSSR count). The van der Waals surface area contributed by atoms with Crippen LogP contribution in [0.4, 0.5) is 5.95 Å². The summed E-state index contributed by atoms with van der Waals surface area (Å²) in [7, 11) is 0. The van der Waals surface area contributed by atoms with Crippen LogP contribution in [0.2, 0.25) is 0 Å². The first-order chi connectivity index (χ1) is 8.34. The van der Waals surface area contributed by atoms with Crippen molar-refractivity contribution in [2.24, 2.45) is 0 Å². The third kappa shape index (κ3) is 1.65. The minimum atomic E-state index is -0.242. The van der Waals surface area contributed by atoms with Crippen LogP contribution in [0.25, 0.3) is 5.65 Å². The average molecular weight is 227 g/mol. The van der Waals surface area contributed by atoms with Crippen molar-refractivity contribution in [2.45, 2.75) is 0 Å². The van der Waals surface area contributed by atoms with Crippen molar-refractivity contribution in [3.8, 4) is 0 Å². The van der Waals surface area contributed by atoms with Crippen LogP contribution in [-0.4, -0.2) is 25.5 Å². The second-order valence-electron chi connectivity index (χ2n) is 3.49. The van der Waals surface area contributed by atoms with Crippen LogP contribution in [0, 0.1) is 0 Å². The molecule has 17 heavy (non-hydrogen) atoms. The molecule has 0 spiro atoms. The molecular weight excluding hydrogens is 218 g/mol. The van der Waals surface area contributed by atoms with Gasteiger partial charge in [-0.2, -0.15) is 0 Å². The Morgan fingerprint density at radius 1 is 1.24 bits per heavy atom. The van der Waals surface area contributed by atoms with Crippen molar-refractivity contribution in [2.75, 3.05) is 5.32 Å². The van der Waals surface area contributed by atoms with E-state index in [2.05, 4.69) is 20.5 Å². The van der Waals surface area contributed by atoms with E-state index in [1.807, 2.05) is 18.2 Å². The molecule has 84 valence electrons. The number of pyridine rings is 1. The van der Waals surface area contributed by atoms with Gasteiger partial charge in [-0.15, -0.1) is 10.2 Å². The van der Waals surface area contributed by atoms with E-state index >= 15 is 0 Å². The predicted octanol–water partition coefficient (Wildman–Crippen LogP) is 1.31.